The van der Waals surface area contributed by atoms with Gasteiger partial charge >= 0.3 is 0 Å². The fraction of sp³-hybridized carbons (Fsp3) is 0.500. The van der Waals surface area contributed by atoms with E-state index in [0.29, 0.717) is 0 Å². The minimum atomic E-state index is 1.16. The van der Waals surface area contributed by atoms with Gasteiger partial charge in [0.2, 0.25) is 0 Å². The summed E-state index contributed by atoms with van der Waals surface area (Å²) in [4.78, 5) is 4.28. The van der Waals surface area contributed by atoms with E-state index in [9.17, 15) is 0 Å². The van der Waals surface area contributed by atoms with Crippen molar-refractivity contribution in [3.8, 4) is 0 Å². The molecule has 0 aromatic carbocycles. The maximum absolute atomic E-state index is 4.28. The Balaban J connectivity index is 2.10. The van der Waals surface area contributed by atoms with Gasteiger partial charge < -0.3 is 0 Å². The maximum atomic E-state index is 4.28. The molecular weight excluding hydrogens is 86.1 g/mol. The summed E-state index contributed by atoms with van der Waals surface area (Å²) in [6.07, 6.45) is 5.84. The molecule has 1 heteroatoms. The van der Waals surface area contributed by atoms with E-state index >= 15 is 0 Å². The molecule has 7 heavy (non-hydrogen) atoms. The third kappa shape index (κ3) is 0.710. The summed E-state index contributed by atoms with van der Waals surface area (Å²) in [5, 5.41) is 0. The minimum Gasteiger partial charge on any atom is -0.262 e. The van der Waals surface area contributed by atoms with E-state index in [1.165, 1.54) is 24.3 Å². The second-order valence-electron chi connectivity index (χ2n) is 2.08. The van der Waals surface area contributed by atoms with Crippen LogP contribution in [0.2, 0.25) is 0 Å². The lowest BCUT2D eigenvalue weighted by Crippen LogP contribution is -1.58. The highest BCUT2D eigenvalue weighted by atomic mass is 14.8. The molecule has 2 rings (SSSR count). The summed E-state index contributed by atoms with van der Waals surface area (Å²) in [6, 6.07) is 0. The summed E-state index contributed by atoms with van der Waals surface area (Å²) >= 11 is 0. The molecule has 0 heterocycles. The van der Waals surface area contributed by atoms with E-state index < -0.39 is 0 Å². The van der Waals surface area contributed by atoms with Gasteiger partial charge in [0.15, 0.2) is 0 Å². The van der Waals surface area contributed by atoms with Crippen LogP contribution in [-0.2, 0) is 0 Å². The highest BCUT2D eigenvalue weighted by molar-refractivity contribution is 5.98. The summed E-state index contributed by atoms with van der Waals surface area (Å²) < 4.78 is 0. The molecule has 0 N–H and O–H groups in total. The fourth-order valence-corrected chi connectivity index (χ4v) is 0.508. The Labute approximate surface area is 42.8 Å². The Hall–Kier alpha value is -0.590. The van der Waals surface area contributed by atoms with E-state index in [1.54, 1.807) is 0 Å². The van der Waals surface area contributed by atoms with Crippen LogP contribution in [0.1, 0.15) is 19.3 Å². The van der Waals surface area contributed by atoms with E-state index in [-0.39, 0.29) is 0 Å². The predicted molar refractivity (Wildman–Crippen MR) is 29.4 cm³/mol. The average Bonchev–Trinajstić information content (AvgIpc) is 2.33. The van der Waals surface area contributed by atoms with E-state index in [0.717, 1.165) is 6.42 Å². The third-order valence-electron chi connectivity index (χ3n) is 1.16. The molecule has 36 valence electrons. The van der Waals surface area contributed by atoms with Crippen molar-refractivity contribution in [3.63, 3.8) is 0 Å². The molecule has 0 saturated heterocycles. The third-order valence-corrected chi connectivity index (χ3v) is 1.16. The second-order valence-corrected chi connectivity index (χ2v) is 2.08. The molecule has 0 bridgehead atoms. The van der Waals surface area contributed by atoms with Crippen molar-refractivity contribution in [1.82, 2.24) is 0 Å². The van der Waals surface area contributed by atoms with Crippen molar-refractivity contribution in [2.24, 2.45) is 4.99 Å². The zero-order chi connectivity index (χ0) is 4.69. The minimum absolute atomic E-state index is 1.16. The summed E-state index contributed by atoms with van der Waals surface area (Å²) in [5.74, 6) is 0. The average molecular weight is 93.1 g/mol. The zero-order valence-electron chi connectivity index (χ0n) is 4.15. The Morgan fingerprint density at radius 2 is 2.14 bits per heavy atom. The van der Waals surface area contributed by atoms with Crippen LogP contribution in [0.15, 0.2) is 16.8 Å². The maximum Gasteiger partial charge on any atom is 0.0405 e. The van der Waals surface area contributed by atoms with Gasteiger partial charge in [-0.05, 0) is 12.8 Å². The summed E-state index contributed by atoms with van der Waals surface area (Å²) in [6.45, 7) is 0. The van der Waals surface area contributed by atoms with Gasteiger partial charge in [-0.3, -0.25) is 4.99 Å². The molecular formula is C6H7N. The van der Waals surface area contributed by atoms with Gasteiger partial charge in [0, 0.05) is 17.8 Å². The molecule has 0 atom stereocenters. The smallest absolute Gasteiger partial charge is 0.0405 e. The van der Waals surface area contributed by atoms with Crippen LogP contribution < -0.4 is 0 Å². The molecule has 0 aromatic heterocycles. The first-order valence-electron chi connectivity index (χ1n) is 2.70. The lowest BCUT2D eigenvalue weighted by molar-refractivity contribution is 1.40. The number of nitrogens with zero attached hydrogens (tertiary/aromatic N) is 1. The number of aliphatic imine (C=N–C) groups is 1. The van der Waals surface area contributed by atoms with Crippen molar-refractivity contribution >= 4 is 5.71 Å². The molecule has 0 unspecified atom stereocenters. The van der Waals surface area contributed by atoms with Crippen LogP contribution in [0.4, 0.5) is 0 Å². The van der Waals surface area contributed by atoms with E-state index in [1.807, 2.05) is 0 Å². The molecule has 1 nitrogen and oxygen atoms in total. The molecule has 0 radical (unpaired) electrons. The first-order valence-corrected chi connectivity index (χ1v) is 2.70. The van der Waals surface area contributed by atoms with Gasteiger partial charge in [-0.25, -0.2) is 0 Å². The zero-order valence-corrected chi connectivity index (χ0v) is 4.15. The Morgan fingerprint density at radius 3 is 2.57 bits per heavy atom. The summed E-state index contributed by atoms with van der Waals surface area (Å²) in [5.41, 5.74) is 2.72. The SMILES string of the molecule is C1=C(N=C2CC2)C1. The van der Waals surface area contributed by atoms with Crippen molar-refractivity contribution < 1.29 is 0 Å². The fourth-order valence-electron chi connectivity index (χ4n) is 0.508. The first kappa shape index (κ1) is 3.42. The molecule has 2 aliphatic carbocycles. The van der Waals surface area contributed by atoms with Gasteiger partial charge in [-0.2, -0.15) is 0 Å². The van der Waals surface area contributed by atoms with Gasteiger partial charge in [-0.1, -0.05) is 6.08 Å². The standard InChI is InChI=1S/C6H7N/c1-2-5(1)7-6-3-4-6/h1H,2-4H2. The Bertz CT molecular complexity index is 148. The van der Waals surface area contributed by atoms with E-state index in [4.69, 9.17) is 0 Å². The van der Waals surface area contributed by atoms with Crippen LogP contribution in [0.5, 0.6) is 0 Å². The van der Waals surface area contributed by atoms with Crippen LogP contribution in [0, 0.1) is 0 Å². The number of hydrogen-bond donors (Lipinski definition) is 0. The monoisotopic (exact) mass is 93.1 g/mol. The molecule has 0 aliphatic heterocycles. The Kier molecular flexibility index (Phi) is 0.474. The van der Waals surface area contributed by atoms with Gasteiger partial charge in [0.1, 0.15) is 0 Å². The van der Waals surface area contributed by atoms with Gasteiger partial charge in [-0.15, -0.1) is 0 Å². The van der Waals surface area contributed by atoms with Crippen molar-refractivity contribution in [3.05, 3.63) is 11.8 Å². The van der Waals surface area contributed by atoms with Crippen molar-refractivity contribution in [1.29, 1.82) is 0 Å². The highest BCUT2D eigenvalue weighted by Gasteiger charge is 2.15. The highest BCUT2D eigenvalue weighted by Crippen LogP contribution is 2.25. The lowest BCUT2D eigenvalue weighted by Gasteiger charge is -1.68. The van der Waals surface area contributed by atoms with E-state index in [2.05, 4.69) is 11.1 Å². The normalized spacial score (nSPS) is 24.0. The van der Waals surface area contributed by atoms with Gasteiger partial charge in [0.25, 0.3) is 0 Å². The van der Waals surface area contributed by atoms with Crippen LogP contribution in [-0.4, -0.2) is 5.71 Å². The van der Waals surface area contributed by atoms with Crippen LogP contribution in [0.3, 0.4) is 0 Å². The van der Waals surface area contributed by atoms with Gasteiger partial charge in [0.05, 0.1) is 0 Å². The number of rotatable bonds is 1. The van der Waals surface area contributed by atoms with Crippen LogP contribution >= 0.6 is 0 Å². The molecule has 2 aliphatic rings. The largest absolute Gasteiger partial charge is 0.262 e. The predicted octanol–water partition coefficient (Wildman–Crippen LogP) is 1.51. The quantitative estimate of drug-likeness (QED) is 0.466. The molecule has 0 aromatic rings. The molecule has 1 fully saturated rings. The first-order chi connectivity index (χ1) is 3.45. The van der Waals surface area contributed by atoms with Crippen molar-refractivity contribution in [2.75, 3.05) is 0 Å². The second kappa shape index (κ2) is 0.971. The molecule has 0 amide bonds. The molecule has 1 saturated carbocycles. The van der Waals surface area contributed by atoms with Crippen molar-refractivity contribution in [2.45, 2.75) is 19.3 Å². The summed E-state index contributed by atoms with van der Waals surface area (Å²) in [7, 11) is 0. The lowest BCUT2D eigenvalue weighted by atomic mass is 10.7. The Morgan fingerprint density at radius 1 is 1.43 bits per heavy atom. The number of hydrogen-bond acceptors (Lipinski definition) is 1. The number of allylic oxidation sites excluding steroid dienone is 2. The topological polar surface area (TPSA) is 12.4 Å². The van der Waals surface area contributed by atoms with Crippen LogP contribution in [0.25, 0.3) is 0 Å². The molecule has 0 spiro atoms.